The topological polar surface area (TPSA) is 320 Å². The molecule has 3 fully saturated rings. The fourth-order valence-corrected chi connectivity index (χ4v) is 8.25. The lowest BCUT2D eigenvalue weighted by atomic mass is 9.98. The summed E-state index contributed by atoms with van der Waals surface area (Å²) in [5, 5.41) is 68.5. The number of phenolic OH excluding ortho intramolecular Hbond substituents is 3. The average Bonchev–Trinajstić information content (AvgIpc) is 4.04. The van der Waals surface area contributed by atoms with Crippen LogP contribution in [-0.2, 0) is 42.9 Å². The first-order valence-corrected chi connectivity index (χ1v) is 24.9. The van der Waals surface area contributed by atoms with Gasteiger partial charge in [-0.3, -0.25) is 48.4 Å². The van der Waals surface area contributed by atoms with Gasteiger partial charge in [-0.25, -0.2) is 0 Å². The van der Waals surface area contributed by atoms with Crippen molar-refractivity contribution >= 4 is 40.7 Å². The van der Waals surface area contributed by atoms with Gasteiger partial charge in [-0.2, -0.15) is 0 Å². The molecular weight excluding hydrogens is 985 g/mol. The molecule has 2 unspecified atom stereocenters. The van der Waals surface area contributed by atoms with Crippen LogP contribution in [0.25, 0.3) is 22.3 Å². The van der Waals surface area contributed by atoms with E-state index in [1.165, 1.54) is 24.3 Å². The van der Waals surface area contributed by atoms with Gasteiger partial charge < -0.3 is 69.4 Å². The van der Waals surface area contributed by atoms with Gasteiger partial charge >= 0.3 is 17.9 Å². The molecule has 1 aliphatic carbocycles. The van der Waals surface area contributed by atoms with E-state index in [4.69, 9.17) is 28.1 Å². The number of aliphatic hydroxyl groups excluding tert-OH is 3. The molecule has 3 heterocycles. The Hall–Kier alpha value is -6.12. The lowest BCUT2D eigenvalue weighted by Gasteiger charge is -2.39. The number of ether oxygens (including phenoxy) is 5. The summed E-state index contributed by atoms with van der Waals surface area (Å²) in [5.41, 5.74) is -2.56. The van der Waals surface area contributed by atoms with Crippen LogP contribution in [0.15, 0.2) is 45.6 Å². The van der Waals surface area contributed by atoms with Crippen LogP contribution in [0, 0.1) is 0 Å². The Kier molecular flexibility index (Phi) is 19.1. The summed E-state index contributed by atoms with van der Waals surface area (Å²) in [6.07, 6.45) is -8.25. The fraction of sp³-hybridized carbons (Fsp3) is 0.608. The first-order valence-electron chi connectivity index (χ1n) is 24.9. The van der Waals surface area contributed by atoms with Crippen molar-refractivity contribution in [1.82, 2.24) is 30.2 Å². The second-order valence-electron chi connectivity index (χ2n) is 21.3. The van der Waals surface area contributed by atoms with Crippen molar-refractivity contribution in [3.63, 3.8) is 0 Å². The summed E-state index contributed by atoms with van der Waals surface area (Å²) in [6.45, 7) is 14.7. The van der Waals surface area contributed by atoms with Crippen molar-refractivity contribution in [3.8, 4) is 34.3 Å². The summed E-state index contributed by atoms with van der Waals surface area (Å²) >= 11 is 0. The number of hydrogen-bond donors (Lipinski definition) is 8. The number of carbonyl (C=O) groups is 5. The molecule has 414 valence electrons. The van der Waals surface area contributed by atoms with Crippen molar-refractivity contribution in [1.29, 1.82) is 0 Å². The van der Waals surface area contributed by atoms with E-state index in [-0.39, 0.29) is 56.4 Å². The monoisotopic (exact) mass is 1060 g/mol. The number of nitrogens with zero attached hydrogens (tertiary/aromatic N) is 4. The molecule has 3 aliphatic rings. The van der Waals surface area contributed by atoms with E-state index in [0.29, 0.717) is 57.9 Å². The van der Waals surface area contributed by atoms with Crippen molar-refractivity contribution in [2.75, 3.05) is 91.6 Å². The van der Waals surface area contributed by atoms with E-state index in [9.17, 15) is 59.4 Å². The summed E-state index contributed by atoms with van der Waals surface area (Å²) in [4.78, 5) is 86.8. The molecule has 3 aromatic rings. The molecule has 8 N–H and O–H groups in total. The minimum absolute atomic E-state index is 0.0206. The lowest BCUT2D eigenvalue weighted by Crippen LogP contribution is -2.63. The minimum Gasteiger partial charge on any atom is -0.508 e. The van der Waals surface area contributed by atoms with Crippen molar-refractivity contribution in [3.05, 3.63) is 46.6 Å². The van der Waals surface area contributed by atoms with E-state index in [1.807, 2.05) is 26.5 Å². The molecule has 0 radical (unpaired) electrons. The van der Waals surface area contributed by atoms with Crippen LogP contribution < -0.4 is 20.8 Å². The first kappa shape index (κ1) is 58.1. The first-order chi connectivity index (χ1) is 35.2. The number of nitrogens with one attached hydrogen (secondary N) is 2. The van der Waals surface area contributed by atoms with Crippen LogP contribution >= 0.6 is 0 Å². The number of aliphatic hydroxyl groups is 3. The zero-order chi connectivity index (χ0) is 55.0. The van der Waals surface area contributed by atoms with Crippen LogP contribution in [-0.4, -0.2) is 219 Å². The van der Waals surface area contributed by atoms with E-state index >= 15 is 0 Å². The van der Waals surface area contributed by atoms with Gasteiger partial charge in [0.2, 0.25) is 17.9 Å². The number of aromatic hydroxyl groups is 3. The standard InChI is InChI=1S/C51H72N6O18/c1-49(2,3)73-37(61)27-55-18-16-54(17-19-57(29-39(63)75-51(7)12-13-51)23-22-56(21-20-55)28-38(62)74-50(4,5)6)26-36(60)52-14-15-53-47(69)46-44(67)43(66)45(68)48(72-46)71-35-25-34-40(42(65)41(35)64)32(59)24-33(70-34)30-8-10-31(58)11-9-30/h8-11,24-25,43-46,48,58,64-68H,12-23,26-29H2,1-7H3,(H,52,60)(H,53,69)/t43?,44-,45-,46?,48+/m0/s1. The van der Waals surface area contributed by atoms with Gasteiger partial charge in [0.05, 0.1) is 26.2 Å². The van der Waals surface area contributed by atoms with Gasteiger partial charge in [-0.15, -0.1) is 0 Å². The SMILES string of the molecule is CC(C)(C)OC(=O)CN1CCN(CC(=O)NCCNC(=O)C2O[C@@H](Oc3cc4oc(-c5ccc(O)cc5)cc(=O)c4c(O)c3O)[C@@H](O)C(O)[C@@H]2O)CCN(CC(=O)OC2(C)CC2)CCN(CC(=O)OC(C)(C)C)CC1. The zero-order valence-electron chi connectivity index (χ0n) is 43.5. The summed E-state index contributed by atoms with van der Waals surface area (Å²) < 4.78 is 34.0. The Morgan fingerprint density at radius 2 is 1.16 bits per heavy atom. The third-order valence-electron chi connectivity index (χ3n) is 12.4. The highest BCUT2D eigenvalue weighted by atomic mass is 16.7. The number of fused-ring (bicyclic) bond motifs is 1. The molecular formula is C51H72N6O18. The number of esters is 3. The molecule has 0 spiro atoms. The van der Waals surface area contributed by atoms with Crippen molar-refractivity contribution in [2.45, 2.75) is 109 Å². The number of amides is 2. The van der Waals surface area contributed by atoms with Crippen molar-refractivity contribution < 1.29 is 82.7 Å². The Morgan fingerprint density at radius 1 is 0.667 bits per heavy atom. The van der Waals surface area contributed by atoms with Gasteiger partial charge in [0.1, 0.15) is 57.6 Å². The number of rotatable bonds is 16. The van der Waals surface area contributed by atoms with Gasteiger partial charge in [0.15, 0.2) is 23.0 Å². The third-order valence-corrected chi connectivity index (χ3v) is 12.4. The van der Waals surface area contributed by atoms with E-state index in [1.54, 1.807) is 41.5 Å². The van der Waals surface area contributed by atoms with Gasteiger partial charge in [0.25, 0.3) is 5.91 Å². The number of hydrogen-bond acceptors (Lipinski definition) is 22. The van der Waals surface area contributed by atoms with Gasteiger partial charge in [-0.05, 0) is 85.6 Å². The van der Waals surface area contributed by atoms with Crippen LogP contribution in [0.3, 0.4) is 0 Å². The predicted molar refractivity (Wildman–Crippen MR) is 267 cm³/mol. The highest BCUT2D eigenvalue weighted by Crippen LogP contribution is 2.43. The average molecular weight is 1060 g/mol. The molecule has 1 aromatic heterocycles. The van der Waals surface area contributed by atoms with Crippen LogP contribution in [0.4, 0.5) is 0 Å². The minimum atomic E-state index is -2.02. The molecule has 2 saturated heterocycles. The quantitative estimate of drug-likeness (QED) is 0.0405. The molecule has 24 nitrogen and oxygen atoms in total. The maximum atomic E-state index is 13.5. The van der Waals surface area contributed by atoms with Gasteiger partial charge in [-0.1, -0.05) is 0 Å². The lowest BCUT2D eigenvalue weighted by molar-refractivity contribution is -0.267. The van der Waals surface area contributed by atoms with Gasteiger partial charge in [0, 0.05) is 83.1 Å². The van der Waals surface area contributed by atoms with E-state index in [0.717, 1.165) is 25.0 Å². The van der Waals surface area contributed by atoms with E-state index < -0.39 is 105 Å². The molecule has 6 rings (SSSR count). The molecule has 1 saturated carbocycles. The number of benzene rings is 2. The Morgan fingerprint density at radius 3 is 1.67 bits per heavy atom. The Balaban J connectivity index is 1.08. The Bertz CT molecular complexity index is 2520. The van der Waals surface area contributed by atoms with Crippen molar-refractivity contribution in [2.24, 2.45) is 0 Å². The number of phenols is 3. The maximum absolute atomic E-state index is 13.5. The molecule has 2 aromatic carbocycles. The van der Waals surface area contributed by atoms with Crippen LogP contribution in [0.1, 0.15) is 61.3 Å². The molecule has 75 heavy (non-hydrogen) atoms. The van der Waals surface area contributed by atoms with Crippen LogP contribution in [0.5, 0.6) is 23.0 Å². The van der Waals surface area contributed by atoms with E-state index in [2.05, 4.69) is 10.6 Å². The largest absolute Gasteiger partial charge is 0.508 e. The third kappa shape index (κ3) is 17.2. The number of carbonyl (C=O) groups excluding carboxylic acids is 5. The zero-order valence-corrected chi connectivity index (χ0v) is 43.5. The second kappa shape index (κ2) is 24.7. The summed E-state index contributed by atoms with van der Waals surface area (Å²) in [7, 11) is 0. The molecule has 2 aliphatic heterocycles. The predicted octanol–water partition coefficient (Wildman–Crippen LogP) is -0.00370. The Labute approximate surface area is 434 Å². The normalized spacial score (nSPS) is 22.5. The maximum Gasteiger partial charge on any atom is 0.320 e. The molecule has 0 bridgehead atoms. The summed E-state index contributed by atoms with van der Waals surface area (Å²) in [5.74, 6) is -5.17. The molecule has 5 atom stereocenters. The fourth-order valence-electron chi connectivity index (χ4n) is 8.25. The second-order valence-corrected chi connectivity index (χ2v) is 21.3. The summed E-state index contributed by atoms with van der Waals surface area (Å²) in [6, 6.07) is 7.76. The molecule has 2 amide bonds. The van der Waals surface area contributed by atoms with Crippen LogP contribution in [0.2, 0.25) is 0 Å². The highest BCUT2D eigenvalue weighted by molar-refractivity contribution is 5.89. The smallest absolute Gasteiger partial charge is 0.320 e. The molecule has 24 heteroatoms. The highest BCUT2D eigenvalue weighted by Gasteiger charge is 2.48.